The van der Waals surface area contributed by atoms with Gasteiger partial charge in [0.2, 0.25) is 0 Å². The van der Waals surface area contributed by atoms with Gasteiger partial charge in [-0.25, -0.2) is 8.42 Å². The van der Waals surface area contributed by atoms with Crippen LogP contribution in [0.2, 0.25) is 0 Å². The van der Waals surface area contributed by atoms with Gasteiger partial charge in [0.05, 0.1) is 16.8 Å². The highest BCUT2D eigenvalue weighted by Crippen LogP contribution is 2.67. The summed E-state index contributed by atoms with van der Waals surface area (Å²) in [6.45, 7) is 6.10. The summed E-state index contributed by atoms with van der Waals surface area (Å²) < 4.78 is 30.9. The average molecular weight is 342 g/mol. The molecule has 0 heterocycles. The van der Waals surface area contributed by atoms with Crippen molar-refractivity contribution in [1.29, 1.82) is 0 Å². The lowest BCUT2D eigenvalue weighted by atomic mass is 10.4. The van der Waals surface area contributed by atoms with Crippen LogP contribution in [-0.2, 0) is 19.4 Å². The molecule has 1 saturated carbocycles. The first-order valence-corrected chi connectivity index (χ1v) is 10.9. The monoisotopic (exact) mass is 342 g/mol. The maximum absolute atomic E-state index is 12.9. The van der Waals surface area contributed by atoms with Gasteiger partial charge in [0.1, 0.15) is 5.16 Å². The van der Waals surface area contributed by atoms with E-state index < -0.39 is 28.2 Å². The van der Waals surface area contributed by atoms with Crippen molar-refractivity contribution in [2.45, 2.75) is 42.5 Å². The van der Waals surface area contributed by atoms with Crippen LogP contribution in [0.15, 0.2) is 35.2 Å². The molecule has 122 valence electrons. The lowest BCUT2D eigenvalue weighted by Gasteiger charge is -2.25. The Morgan fingerprint density at radius 1 is 1.23 bits per heavy atom. The highest BCUT2D eigenvalue weighted by atomic mass is 32.2. The van der Waals surface area contributed by atoms with E-state index in [1.54, 1.807) is 37.3 Å². The quantitative estimate of drug-likeness (QED) is 0.564. The normalized spacial score (nSPS) is 24.3. The van der Waals surface area contributed by atoms with Crippen LogP contribution in [0.1, 0.15) is 27.2 Å². The van der Waals surface area contributed by atoms with Crippen molar-refractivity contribution < 1.29 is 17.9 Å². The van der Waals surface area contributed by atoms with E-state index in [1.807, 2.05) is 13.8 Å². The van der Waals surface area contributed by atoms with Gasteiger partial charge in [-0.05, 0) is 37.8 Å². The van der Waals surface area contributed by atoms with Gasteiger partial charge in [-0.15, -0.1) is 0 Å². The van der Waals surface area contributed by atoms with E-state index in [-0.39, 0.29) is 12.6 Å². The number of carbonyl (C=O) groups is 1. The molecule has 0 spiro atoms. The minimum Gasteiger partial charge on any atom is -0.465 e. The molecule has 0 aromatic heterocycles. The van der Waals surface area contributed by atoms with Crippen LogP contribution in [0.3, 0.4) is 0 Å². The fraction of sp³-hybridized carbons (Fsp3) is 0.562. The summed E-state index contributed by atoms with van der Waals surface area (Å²) >= 11 is 0. The Morgan fingerprint density at radius 2 is 1.82 bits per heavy atom. The second-order valence-corrected chi connectivity index (χ2v) is 10.6. The molecule has 0 amide bonds. The molecule has 1 aromatic rings. The first-order chi connectivity index (χ1) is 10.4. The second-order valence-electron chi connectivity index (χ2n) is 5.37. The second kappa shape index (κ2) is 6.67. The zero-order valence-corrected chi connectivity index (χ0v) is 15.0. The van der Waals surface area contributed by atoms with Crippen LogP contribution in [0.25, 0.3) is 0 Å². The van der Waals surface area contributed by atoms with E-state index in [1.165, 1.54) is 0 Å². The Balaban J connectivity index is 2.39. The minimum atomic E-state index is -3.49. The molecule has 6 heteroatoms. The maximum atomic E-state index is 12.9. The van der Waals surface area contributed by atoms with E-state index in [0.717, 1.165) is 12.3 Å². The Morgan fingerprint density at radius 3 is 2.32 bits per heavy atom. The van der Waals surface area contributed by atoms with Gasteiger partial charge < -0.3 is 4.74 Å². The summed E-state index contributed by atoms with van der Waals surface area (Å²) in [6.07, 6.45) is 2.08. The minimum absolute atomic E-state index is 0.287. The first-order valence-electron chi connectivity index (χ1n) is 7.66. The largest absolute Gasteiger partial charge is 0.465 e. The number of hydrogen-bond acceptors (Lipinski definition) is 4. The van der Waals surface area contributed by atoms with Gasteiger partial charge in [-0.3, -0.25) is 4.79 Å². The van der Waals surface area contributed by atoms with Crippen LogP contribution in [-0.4, -0.2) is 43.7 Å². The summed E-state index contributed by atoms with van der Waals surface area (Å²) in [5.41, 5.74) is 0. The topological polar surface area (TPSA) is 60.4 Å². The summed E-state index contributed by atoms with van der Waals surface area (Å²) in [5.74, 6) is -0.325. The molecule has 1 aliphatic rings. The molecule has 0 saturated heterocycles. The molecule has 0 aliphatic heterocycles. The molecule has 0 radical (unpaired) electrons. The van der Waals surface area contributed by atoms with Gasteiger partial charge in [0.15, 0.2) is 9.84 Å². The highest BCUT2D eigenvalue weighted by molar-refractivity contribution is 7.93. The molecule has 1 fully saturated rings. The number of ether oxygens (including phenoxy) is 1. The third-order valence-electron chi connectivity index (χ3n) is 4.27. The van der Waals surface area contributed by atoms with Crippen molar-refractivity contribution in [3.63, 3.8) is 0 Å². The van der Waals surface area contributed by atoms with E-state index in [4.69, 9.17) is 4.74 Å². The summed E-state index contributed by atoms with van der Waals surface area (Å²) in [6, 6.07) is 8.41. The Kier molecular flexibility index (Phi) is 5.29. The lowest BCUT2D eigenvalue weighted by molar-refractivity contribution is -0.143. The molecule has 1 aliphatic carbocycles. The molecular formula is C16H23O4PS. The first kappa shape index (κ1) is 17.4. The van der Waals surface area contributed by atoms with Gasteiger partial charge in [-0.2, -0.15) is 0 Å². The molecule has 0 N–H and O–H groups in total. The van der Waals surface area contributed by atoms with Crippen LogP contribution in [0, 0.1) is 0 Å². The number of benzene rings is 1. The number of esters is 1. The fourth-order valence-electron chi connectivity index (χ4n) is 3.09. The number of carbonyl (C=O) groups excluding carboxylic acids is 1. The van der Waals surface area contributed by atoms with Crippen LogP contribution >= 0.6 is 7.92 Å². The molecule has 2 unspecified atom stereocenters. The van der Waals surface area contributed by atoms with E-state index in [0.29, 0.717) is 11.3 Å². The summed E-state index contributed by atoms with van der Waals surface area (Å²) in [7, 11) is -4.17. The molecule has 1 aromatic carbocycles. The SMILES string of the molecule is CCOC(=O)C1(P(CC)CC)CC1S(=O)(=O)c1ccccc1. The summed E-state index contributed by atoms with van der Waals surface area (Å²) in [5, 5.41) is -1.43. The van der Waals surface area contributed by atoms with Crippen molar-refractivity contribution in [2.24, 2.45) is 0 Å². The predicted octanol–water partition coefficient (Wildman–Crippen LogP) is 3.06. The zero-order chi connectivity index (χ0) is 16.4. The van der Waals surface area contributed by atoms with Gasteiger partial charge in [0.25, 0.3) is 0 Å². The average Bonchev–Trinajstić information content (AvgIpc) is 3.27. The molecule has 22 heavy (non-hydrogen) atoms. The van der Waals surface area contributed by atoms with Crippen LogP contribution in [0.4, 0.5) is 0 Å². The van der Waals surface area contributed by atoms with Gasteiger partial charge in [0, 0.05) is 0 Å². The van der Waals surface area contributed by atoms with Crippen LogP contribution in [0.5, 0.6) is 0 Å². The Bertz CT molecular complexity index is 625. The van der Waals surface area contributed by atoms with E-state index in [9.17, 15) is 13.2 Å². The highest BCUT2D eigenvalue weighted by Gasteiger charge is 2.70. The molecular weight excluding hydrogens is 319 g/mol. The fourth-order valence-corrected chi connectivity index (χ4v) is 8.78. The van der Waals surface area contributed by atoms with Crippen molar-refractivity contribution in [3.8, 4) is 0 Å². The summed E-state index contributed by atoms with van der Waals surface area (Å²) in [4.78, 5) is 12.8. The third-order valence-corrected chi connectivity index (χ3v) is 10.0. The maximum Gasteiger partial charge on any atom is 0.317 e. The van der Waals surface area contributed by atoms with Crippen molar-refractivity contribution >= 4 is 23.7 Å². The zero-order valence-electron chi connectivity index (χ0n) is 13.3. The van der Waals surface area contributed by atoms with Crippen molar-refractivity contribution in [2.75, 3.05) is 18.9 Å². The standard InChI is InChI=1S/C16H23O4PS/c1-4-20-15(17)16(21(5-2)6-3)12-14(16)22(18,19)13-10-8-7-9-11-13/h7-11,14H,4-6,12H2,1-3H3. The third kappa shape index (κ3) is 2.81. The van der Waals surface area contributed by atoms with Crippen molar-refractivity contribution in [1.82, 2.24) is 0 Å². The number of hydrogen-bond donors (Lipinski definition) is 0. The molecule has 2 rings (SSSR count). The Labute approximate surface area is 133 Å². The number of rotatable bonds is 7. The molecule has 4 nitrogen and oxygen atoms in total. The number of sulfone groups is 1. The predicted molar refractivity (Wildman–Crippen MR) is 89.4 cm³/mol. The van der Waals surface area contributed by atoms with Gasteiger partial charge >= 0.3 is 5.97 Å². The lowest BCUT2D eigenvalue weighted by Crippen LogP contribution is -2.32. The van der Waals surface area contributed by atoms with E-state index >= 15 is 0 Å². The van der Waals surface area contributed by atoms with Crippen molar-refractivity contribution in [3.05, 3.63) is 30.3 Å². The molecule has 0 bridgehead atoms. The molecule has 2 atom stereocenters. The van der Waals surface area contributed by atoms with E-state index in [2.05, 4.69) is 0 Å². The van der Waals surface area contributed by atoms with Crippen LogP contribution < -0.4 is 0 Å². The van der Waals surface area contributed by atoms with Gasteiger partial charge in [-0.1, -0.05) is 40.0 Å². The Hall–Kier alpha value is -0.930. The smallest absolute Gasteiger partial charge is 0.317 e.